The van der Waals surface area contributed by atoms with E-state index in [9.17, 15) is 15.0 Å². The minimum Gasteiger partial charge on any atom is -0.504 e. The molecule has 5 N–H and O–H groups in total. The predicted octanol–water partition coefficient (Wildman–Crippen LogP) is 3.89. The summed E-state index contributed by atoms with van der Waals surface area (Å²) in [5.41, 5.74) is 9.72. The Morgan fingerprint density at radius 2 is 1.68 bits per heavy atom. The van der Waals surface area contributed by atoms with E-state index in [2.05, 4.69) is 11.4 Å². The second-order valence-electron chi connectivity index (χ2n) is 7.22. The minimum absolute atomic E-state index is 0.101. The van der Waals surface area contributed by atoms with Gasteiger partial charge in [-0.1, -0.05) is 36.4 Å². The van der Waals surface area contributed by atoms with E-state index in [1.54, 1.807) is 6.07 Å². The van der Waals surface area contributed by atoms with Crippen molar-refractivity contribution in [3.63, 3.8) is 0 Å². The summed E-state index contributed by atoms with van der Waals surface area (Å²) in [6.07, 6.45) is 1.43. The van der Waals surface area contributed by atoms with Crippen LogP contribution in [-0.4, -0.2) is 16.1 Å². The molecule has 0 radical (unpaired) electrons. The predicted molar refractivity (Wildman–Crippen MR) is 109 cm³/mol. The molecular formula is C23H22N2O3. The molecule has 0 spiro atoms. The van der Waals surface area contributed by atoms with E-state index >= 15 is 0 Å². The first-order chi connectivity index (χ1) is 13.5. The third-order valence-corrected chi connectivity index (χ3v) is 5.35. The molecule has 0 aliphatic heterocycles. The normalized spacial score (nSPS) is 14.5. The lowest BCUT2D eigenvalue weighted by Crippen LogP contribution is -2.27. The van der Waals surface area contributed by atoms with Gasteiger partial charge in [-0.3, -0.25) is 4.79 Å². The lowest BCUT2D eigenvalue weighted by molar-refractivity contribution is -0.118. The molecule has 0 aromatic heterocycles. The Labute approximate surface area is 163 Å². The van der Waals surface area contributed by atoms with Crippen LogP contribution in [0.3, 0.4) is 0 Å². The molecule has 4 rings (SSSR count). The molecule has 0 bridgehead atoms. The van der Waals surface area contributed by atoms with Crippen LogP contribution in [0.15, 0.2) is 66.7 Å². The number of rotatable bonds is 5. The average Bonchev–Trinajstić information content (AvgIpc) is 3.53. The van der Waals surface area contributed by atoms with Gasteiger partial charge >= 0.3 is 0 Å². The van der Waals surface area contributed by atoms with E-state index in [4.69, 9.17) is 5.73 Å². The summed E-state index contributed by atoms with van der Waals surface area (Å²) in [5, 5.41) is 22.2. The Bertz CT molecular complexity index is 1020. The highest BCUT2D eigenvalue weighted by Crippen LogP contribution is 2.50. The highest BCUT2D eigenvalue weighted by molar-refractivity contribution is 6.01. The molecule has 5 nitrogen and oxygen atoms in total. The highest BCUT2D eigenvalue weighted by Gasteiger charge is 2.51. The maximum Gasteiger partial charge on any atom is 0.235 e. The zero-order valence-electron chi connectivity index (χ0n) is 15.4. The van der Waals surface area contributed by atoms with Crippen molar-refractivity contribution < 1.29 is 15.0 Å². The average molecular weight is 374 g/mol. The molecule has 1 amide bonds. The van der Waals surface area contributed by atoms with Crippen molar-refractivity contribution in [2.75, 3.05) is 5.32 Å². The molecule has 142 valence electrons. The van der Waals surface area contributed by atoms with Gasteiger partial charge in [0.05, 0.1) is 5.41 Å². The highest BCUT2D eigenvalue weighted by atomic mass is 16.3. The summed E-state index contributed by atoms with van der Waals surface area (Å²) in [6.45, 7) is 0.497. The lowest BCUT2D eigenvalue weighted by Gasteiger charge is -2.16. The summed E-state index contributed by atoms with van der Waals surface area (Å²) in [7, 11) is 0. The van der Waals surface area contributed by atoms with Crippen LogP contribution < -0.4 is 11.1 Å². The number of anilines is 1. The van der Waals surface area contributed by atoms with Crippen LogP contribution in [0.4, 0.5) is 5.69 Å². The van der Waals surface area contributed by atoms with Gasteiger partial charge in [0, 0.05) is 12.2 Å². The van der Waals surface area contributed by atoms with Gasteiger partial charge in [0.25, 0.3) is 0 Å². The number of carbonyl (C=O) groups excluding carboxylic acids is 1. The van der Waals surface area contributed by atoms with Crippen molar-refractivity contribution in [3.05, 3.63) is 77.9 Å². The van der Waals surface area contributed by atoms with Crippen molar-refractivity contribution in [2.45, 2.75) is 24.8 Å². The molecule has 3 aromatic carbocycles. The Morgan fingerprint density at radius 1 is 0.929 bits per heavy atom. The Hall–Kier alpha value is -3.31. The quantitative estimate of drug-likeness (QED) is 0.510. The molecule has 0 heterocycles. The second-order valence-corrected chi connectivity index (χ2v) is 7.22. The summed E-state index contributed by atoms with van der Waals surface area (Å²) >= 11 is 0. The van der Waals surface area contributed by atoms with Gasteiger partial charge in [-0.25, -0.2) is 0 Å². The van der Waals surface area contributed by atoms with E-state index in [-0.39, 0.29) is 17.4 Å². The number of benzene rings is 3. The van der Waals surface area contributed by atoms with Gasteiger partial charge in [-0.05, 0) is 65.4 Å². The van der Waals surface area contributed by atoms with Crippen LogP contribution in [0, 0.1) is 0 Å². The van der Waals surface area contributed by atoms with Gasteiger partial charge in [0.2, 0.25) is 5.91 Å². The van der Waals surface area contributed by atoms with Crippen molar-refractivity contribution in [2.24, 2.45) is 5.73 Å². The molecule has 3 aromatic rings. The zero-order valence-corrected chi connectivity index (χ0v) is 15.4. The number of hydrogen-bond donors (Lipinski definition) is 4. The number of phenols is 2. The Balaban J connectivity index is 1.51. The number of hydrogen-bond acceptors (Lipinski definition) is 4. The lowest BCUT2D eigenvalue weighted by atomic mass is 9.94. The van der Waals surface area contributed by atoms with Crippen LogP contribution >= 0.6 is 0 Å². The zero-order chi connectivity index (χ0) is 19.7. The van der Waals surface area contributed by atoms with E-state index in [1.807, 2.05) is 42.5 Å². The van der Waals surface area contributed by atoms with Crippen molar-refractivity contribution in [1.29, 1.82) is 0 Å². The van der Waals surface area contributed by atoms with Crippen LogP contribution in [-0.2, 0) is 16.8 Å². The molecule has 0 unspecified atom stereocenters. The summed E-state index contributed by atoms with van der Waals surface area (Å²) in [4.78, 5) is 12.9. The summed E-state index contributed by atoms with van der Waals surface area (Å²) < 4.78 is 0. The van der Waals surface area contributed by atoms with Gasteiger partial charge in [0.15, 0.2) is 11.5 Å². The molecule has 0 atom stereocenters. The van der Waals surface area contributed by atoms with Crippen molar-refractivity contribution in [3.8, 4) is 22.6 Å². The van der Waals surface area contributed by atoms with Crippen molar-refractivity contribution >= 4 is 11.6 Å². The number of amides is 1. The van der Waals surface area contributed by atoms with Gasteiger partial charge in [0.1, 0.15) is 0 Å². The molecule has 1 aliphatic rings. The Morgan fingerprint density at radius 3 is 2.32 bits per heavy atom. The van der Waals surface area contributed by atoms with Crippen LogP contribution in [0.25, 0.3) is 11.1 Å². The van der Waals surface area contributed by atoms with Crippen LogP contribution in [0.2, 0.25) is 0 Å². The number of nitrogens with two attached hydrogens (primary N) is 1. The largest absolute Gasteiger partial charge is 0.504 e. The smallest absolute Gasteiger partial charge is 0.235 e. The first kappa shape index (κ1) is 18.1. The molecular weight excluding hydrogens is 352 g/mol. The number of nitrogens with one attached hydrogen (secondary N) is 1. The second kappa shape index (κ2) is 7.02. The molecule has 5 heteroatoms. The summed E-state index contributed by atoms with van der Waals surface area (Å²) in [6, 6.07) is 20.3. The SMILES string of the molecule is NCc1cccc(-c2ccc(NC(=O)C3(c4ccc(O)c(O)c4)CC3)cc2)c1. The molecule has 1 fully saturated rings. The topological polar surface area (TPSA) is 95.6 Å². The van der Waals surface area contributed by atoms with Crippen LogP contribution in [0.5, 0.6) is 11.5 Å². The van der Waals surface area contributed by atoms with Crippen LogP contribution in [0.1, 0.15) is 24.0 Å². The maximum absolute atomic E-state index is 12.9. The molecule has 1 saturated carbocycles. The standard InChI is InChI=1S/C23H22N2O3/c24-14-15-2-1-3-17(12-15)16-4-7-19(8-5-16)25-22(28)23(10-11-23)18-6-9-20(26)21(27)13-18/h1-9,12-13,26-27H,10-11,14,24H2,(H,25,28). The number of aromatic hydroxyl groups is 2. The fraction of sp³-hybridized carbons (Fsp3) is 0.174. The van der Waals surface area contributed by atoms with E-state index < -0.39 is 5.41 Å². The molecule has 0 saturated heterocycles. The first-order valence-corrected chi connectivity index (χ1v) is 9.25. The van der Waals surface area contributed by atoms with Gasteiger partial charge in [-0.2, -0.15) is 0 Å². The van der Waals surface area contributed by atoms with Gasteiger partial charge in [-0.15, -0.1) is 0 Å². The van der Waals surface area contributed by atoms with E-state index in [0.29, 0.717) is 19.4 Å². The third kappa shape index (κ3) is 3.32. The van der Waals surface area contributed by atoms with E-state index in [0.717, 1.165) is 27.9 Å². The third-order valence-electron chi connectivity index (χ3n) is 5.35. The molecule has 28 heavy (non-hydrogen) atoms. The number of carbonyl (C=O) groups is 1. The summed E-state index contributed by atoms with van der Waals surface area (Å²) in [5.74, 6) is -0.495. The monoisotopic (exact) mass is 374 g/mol. The fourth-order valence-corrected chi connectivity index (χ4v) is 3.47. The fourth-order valence-electron chi connectivity index (χ4n) is 3.47. The van der Waals surface area contributed by atoms with Crippen molar-refractivity contribution in [1.82, 2.24) is 0 Å². The Kier molecular flexibility index (Phi) is 4.53. The minimum atomic E-state index is -0.640. The van der Waals surface area contributed by atoms with E-state index in [1.165, 1.54) is 12.1 Å². The first-order valence-electron chi connectivity index (χ1n) is 9.25. The maximum atomic E-state index is 12.9. The molecule has 1 aliphatic carbocycles. The van der Waals surface area contributed by atoms with Gasteiger partial charge < -0.3 is 21.3 Å². The number of phenolic OH excluding ortho intramolecular Hbond substituents is 2.